The van der Waals surface area contributed by atoms with Crippen molar-refractivity contribution in [1.82, 2.24) is 20.4 Å². The van der Waals surface area contributed by atoms with Crippen LogP contribution in [0.3, 0.4) is 0 Å². The molecule has 1 heterocycles. The Morgan fingerprint density at radius 1 is 1.56 bits per heavy atom. The fraction of sp³-hybridized carbons (Fsp3) is 0.545. The number of carbonyl (C=O) groups is 2. The maximum atomic E-state index is 11.7. The minimum absolute atomic E-state index is 0.218. The third-order valence-electron chi connectivity index (χ3n) is 2.35. The average molecular weight is 270 g/mol. The molecular formula is C11H18N4O2S. The SMILES string of the molecule is CC(=O)NC(CS)C(=O)NCCc1cnn(C)c1. The fourth-order valence-corrected chi connectivity index (χ4v) is 1.75. The second-order valence-corrected chi connectivity index (χ2v) is 4.36. The van der Waals surface area contributed by atoms with Crippen LogP contribution in [0, 0.1) is 0 Å². The number of nitrogens with one attached hydrogen (secondary N) is 2. The van der Waals surface area contributed by atoms with Crippen LogP contribution < -0.4 is 10.6 Å². The number of thiol groups is 1. The van der Waals surface area contributed by atoms with Crippen LogP contribution in [0.15, 0.2) is 12.4 Å². The molecule has 1 atom stereocenters. The van der Waals surface area contributed by atoms with Gasteiger partial charge in [0.05, 0.1) is 6.20 Å². The van der Waals surface area contributed by atoms with Gasteiger partial charge in [0, 0.05) is 32.5 Å². The Morgan fingerprint density at radius 3 is 2.78 bits per heavy atom. The molecule has 2 amide bonds. The molecule has 0 aromatic carbocycles. The molecule has 2 N–H and O–H groups in total. The normalized spacial score (nSPS) is 11.9. The molecule has 1 rings (SSSR count). The minimum Gasteiger partial charge on any atom is -0.354 e. The zero-order valence-electron chi connectivity index (χ0n) is 10.5. The predicted octanol–water partition coefficient (Wildman–Crippen LogP) is -0.487. The molecule has 6 nitrogen and oxygen atoms in total. The zero-order chi connectivity index (χ0) is 13.5. The molecule has 0 bridgehead atoms. The van der Waals surface area contributed by atoms with E-state index in [1.807, 2.05) is 13.2 Å². The van der Waals surface area contributed by atoms with Gasteiger partial charge in [0.25, 0.3) is 0 Å². The summed E-state index contributed by atoms with van der Waals surface area (Å²) in [5, 5.41) is 9.34. The summed E-state index contributed by atoms with van der Waals surface area (Å²) in [5.41, 5.74) is 1.06. The van der Waals surface area contributed by atoms with Gasteiger partial charge in [-0.05, 0) is 12.0 Å². The highest BCUT2D eigenvalue weighted by Gasteiger charge is 2.16. The molecule has 0 radical (unpaired) electrons. The molecule has 1 aromatic heterocycles. The number of amides is 2. The van der Waals surface area contributed by atoms with E-state index in [4.69, 9.17) is 0 Å². The lowest BCUT2D eigenvalue weighted by atomic mass is 10.2. The van der Waals surface area contributed by atoms with Gasteiger partial charge in [0.2, 0.25) is 11.8 Å². The standard InChI is InChI=1S/C11H18N4O2S/c1-8(16)14-10(7-18)11(17)12-4-3-9-5-13-15(2)6-9/h5-6,10,18H,3-4,7H2,1-2H3,(H,12,17)(H,14,16). The molecular weight excluding hydrogens is 252 g/mol. The molecule has 1 aromatic rings. The van der Waals surface area contributed by atoms with Gasteiger partial charge in [0.15, 0.2) is 0 Å². The summed E-state index contributed by atoms with van der Waals surface area (Å²) in [5.74, 6) is -0.182. The van der Waals surface area contributed by atoms with Gasteiger partial charge in [-0.25, -0.2) is 0 Å². The van der Waals surface area contributed by atoms with Crippen LogP contribution in [-0.2, 0) is 23.1 Å². The average Bonchev–Trinajstić information content (AvgIpc) is 2.71. The van der Waals surface area contributed by atoms with E-state index in [1.165, 1.54) is 6.92 Å². The van der Waals surface area contributed by atoms with Crippen LogP contribution in [-0.4, -0.2) is 39.9 Å². The van der Waals surface area contributed by atoms with Crippen LogP contribution in [0.2, 0.25) is 0 Å². The zero-order valence-corrected chi connectivity index (χ0v) is 11.4. The largest absolute Gasteiger partial charge is 0.354 e. The maximum absolute atomic E-state index is 11.7. The second-order valence-electron chi connectivity index (χ2n) is 4.00. The first-order chi connectivity index (χ1) is 8.52. The summed E-state index contributed by atoms with van der Waals surface area (Å²) in [6, 6.07) is -0.584. The number of hydrogen-bond acceptors (Lipinski definition) is 4. The number of hydrogen-bond donors (Lipinski definition) is 3. The van der Waals surface area contributed by atoms with Crippen LogP contribution in [0.4, 0.5) is 0 Å². The molecule has 0 spiro atoms. The Kier molecular flexibility index (Phi) is 5.70. The van der Waals surface area contributed by atoms with Crippen molar-refractivity contribution in [2.45, 2.75) is 19.4 Å². The number of aromatic nitrogens is 2. The lowest BCUT2D eigenvalue weighted by molar-refractivity contribution is -0.127. The third-order valence-corrected chi connectivity index (χ3v) is 2.71. The summed E-state index contributed by atoms with van der Waals surface area (Å²) in [4.78, 5) is 22.6. The van der Waals surface area contributed by atoms with E-state index in [2.05, 4.69) is 28.4 Å². The molecule has 0 aliphatic rings. The van der Waals surface area contributed by atoms with Crippen molar-refractivity contribution in [1.29, 1.82) is 0 Å². The number of nitrogens with zero attached hydrogens (tertiary/aromatic N) is 2. The summed E-state index contributed by atoms with van der Waals surface area (Å²) in [6.07, 6.45) is 4.37. The first-order valence-electron chi connectivity index (χ1n) is 5.66. The van der Waals surface area contributed by atoms with Crippen molar-refractivity contribution in [2.24, 2.45) is 7.05 Å². The van der Waals surface area contributed by atoms with Crippen molar-refractivity contribution < 1.29 is 9.59 Å². The smallest absolute Gasteiger partial charge is 0.243 e. The lowest BCUT2D eigenvalue weighted by Crippen LogP contribution is -2.47. The number of rotatable bonds is 6. The summed E-state index contributed by atoms with van der Waals surface area (Å²) in [7, 11) is 1.84. The van der Waals surface area contributed by atoms with Crippen LogP contribution in [0.25, 0.3) is 0 Å². The molecule has 18 heavy (non-hydrogen) atoms. The highest BCUT2D eigenvalue weighted by molar-refractivity contribution is 7.80. The van der Waals surface area contributed by atoms with E-state index >= 15 is 0 Å². The Morgan fingerprint density at radius 2 is 2.28 bits per heavy atom. The van der Waals surface area contributed by atoms with Gasteiger partial charge in [-0.3, -0.25) is 14.3 Å². The molecule has 100 valence electrons. The van der Waals surface area contributed by atoms with E-state index < -0.39 is 6.04 Å². The topological polar surface area (TPSA) is 76.0 Å². The molecule has 0 saturated heterocycles. The van der Waals surface area contributed by atoms with Gasteiger partial charge >= 0.3 is 0 Å². The Labute approximate surface area is 112 Å². The van der Waals surface area contributed by atoms with Crippen molar-refractivity contribution in [3.8, 4) is 0 Å². The first-order valence-corrected chi connectivity index (χ1v) is 6.29. The van der Waals surface area contributed by atoms with Crippen molar-refractivity contribution in [3.05, 3.63) is 18.0 Å². The number of carbonyl (C=O) groups excluding carboxylic acids is 2. The van der Waals surface area contributed by atoms with E-state index in [0.29, 0.717) is 13.0 Å². The van der Waals surface area contributed by atoms with Crippen molar-refractivity contribution >= 4 is 24.4 Å². The van der Waals surface area contributed by atoms with Crippen molar-refractivity contribution in [2.75, 3.05) is 12.3 Å². The Balaban J connectivity index is 2.33. The first kappa shape index (κ1) is 14.6. The van der Waals surface area contributed by atoms with Crippen LogP contribution >= 0.6 is 12.6 Å². The molecule has 0 aliphatic carbocycles. The van der Waals surface area contributed by atoms with Gasteiger partial charge in [-0.15, -0.1) is 0 Å². The van der Waals surface area contributed by atoms with E-state index in [9.17, 15) is 9.59 Å². The molecule has 1 unspecified atom stereocenters. The minimum atomic E-state index is -0.584. The Bertz CT molecular complexity index is 419. The molecule has 7 heteroatoms. The van der Waals surface area contributed by atoms with Crippen molar-refractivity contribution in [3.63, 3.8) is 0 Å². The molecule has 0 saturated carbocycles. The van der Waals surface area contributed by atoms with E-state index in [1.54, 1.807) is 10.9 Å². The monoisotopic (exact) mass is 270 g/mol. The Hall–Kier alpha value is -1.50. The third kappa shape index (κ3) is 4.79. The highest BCUT2D eigenvalue weighted by atomic mass is 32.1. The van der Waals surface area contributed by atoms with Crippen LogP contribution in [0.5, 0.6) is 0 Å². The van der Waals surface area contributed by atoms with E-state index in [-0.39, 0.29) is 17.6 Å². The summed E-state index contributed by atoms with van der Waals surface area (Å²) < 4.78 is 1.71. The second kappa shape index (κ2) is 7.05. The maximum Gasteiger partial charge on any atom is 0.243 e. The highest BCUT2D eigenvalue weighted by Crippen LogP contribution is 1.96. The van der Waals surface area contributed by atoms with E-state index in [0.717, 1.165) is 5.56 Å². The predicted molar refractivity (Wildman–Crippen MR) is 71.4 cm³/mol. The summed E-state index contributed by atoms with van der Waals surface area (Å²) in [6.45, 7) is 1.88. The quantitative estimate of drug-likeness (QED) is 0.611. The van der Waals surface area contributed by atoms with Crippen LogP contribution in [0.1, 0.15) is 12.5 Å². The fourth-order valence-electron chi connectivity index (χ4n) is 1.49. The van der Waals surface area contributed by atoms with Gasteiger partial charge in [0.1, 0.15) is 6.04 Å². The number of aryl methyl sites for hydroxylation is 1. The molecule has 0 fully saturated rings. The molecule has 0 aliphatic heterocycles. The summed E-state index contributed by atoms with van der Waals surface area (Å²) >= 11 is 4.04. The lowest BCUT2D eigenvalue weighted by Gasteiger charge is -2.14. The van der Waals surface area contributed by atoms with Gasteiger partial charge in [-0.1, -0.05) is 0 Å². The van der Waals surface area contributed by atoms with Gasteiger partial charge in [-0.2, -0.15) is 17.7 Å². The van der Waals surface area contributed by atoms with Gasteiger partial charge < -0.3 is 10.6 Å².